The summed E-state index contributed by atoms with van der Waals surface area (Å²) in [5, 5.41) is 6.30. The minimum absolute atomic E-state index is 0.662. The summed E-state index contributed by atoms with van der Waals surface area (Å²) in [5.41, 5.74) is 1.82. The number of methoxy groups -OCH3 is 2. The van der Waals surface area contributed by atoms with Gasteiger partial charge in [0.15, 0.2) is 22.5 Å². The van der Waals surface area contributed by atoms with Crippen LogP contribution in [0.4, 0.5) is 0 Å². The van der Waals surface area contributed by atoms with Gasteiger partial charge in [-0.2, -0.15) is 5.10 Å². The van der Waals surface area contributed by atoms with Gasteiger partial charge in [-0.15, -0.1) is 0 Å². The number of thioether (sulfide) groups is 1. The molecule has 2 heterocycles. The van der Waals surface area contributed by atoms with Gasteiger partial charge >= 0.3 is 0 Å². The molecule has 0 saturated carbocycles. The molecule has 0 amide bonds. The summed E-state index contributed by atoms with van der Waals surface area (Å²) in [5.74, 6) is 2.07. The van der Waals surface area contributed by atoms with E-state index >= 15 is 0 Å². The zero-order valence-electron chi connectivity index (χ0n) is 12.8. The van der Waals surface area contributed by atoms with Gasteiger partial charge in [-0.25, -0.2) is 14.6 Å². The molecule has 0 unspecified atom stereocenters. The number of fused-ring (bicyclic) bond motifs is 1. The minimum Gasteiger partial charge on any atom is -0.493 e. The maximum atomic E-state index is 5.39. The fourth-order valence-corrected chi connectivity index (χ4v) is 2.66. The zero-order chi connectivity index (χ0) is 15.7. The maximum Gasteiger partial charge on any atom is 0.189 e. The lowest BCUT2D eigenvalue weighted by Gasteiger charge is -2.09. The molecule has 0 aliphatic rings. The normalized spacial score (nSPS) is 10.9. The van der Waals surface area contributed by atoms with E-state index < -0.39 is 0 Å². The van der Waals surface area contributed by atoms with Gasteiger partial charge in [-0.1, -0.05) is 11.8 Å². The van der Waals surface area contributed by atoms with E-state index in [4.69, 9.17) is 9.47 Å². The average Bonchev–Trinajstić information content (AvgIpc) is 2.89. The van der Waals surface area contributed by atoms with Crippen molar-refractivity contribution in [2.24, 2.45) is 0 Å². The highest BCUT2D eigenvalue weighted by Crippen LogP contribution is 2.34. The molecule has 7 heteroatoms. The molecule has 2 aromatic heterocycles. The first-order valence-corrected chi connectivity index (χ1v) is 7.89. The molecule has 0 fully saturated rings. The number of hydrogen-bond donors (Lipinski definition) is 0. The summed E-state index contributed by atoms with van der Waals surface area (Å²) < 4.78 is 12.5. The third kappa shape index (κ3) is 2.37. The van der Waals surface area contributed by atoms with Crippen molar-refractivity contribution in [2.75, 3.05) is 20.5 Å². The zero-order valence-corrected chi connectivity index (χ0v) is 13.6. The molecule has 3 aromatic rings. The molecule has 0 bridgehead atoms. The van der Waals surface area contributed by atoms with Crippen LogP contribution in [0.25, 0.3) is 16.7 Å². The van der Waals surface area contributed by atoms with Gasteiger partial charge in [0.2, 0.25) is 0 Å². The quantitative estimate of drug-likeness (QED) is 0.545. The standard InChI is InChI=1S/C15H16N4O2S/c1-9-10-7-12(20-2)13(21-3)8-11(10)19(18-9)14-5-6-16-15(17-14)22-4/h5-8H,1-4H3. The molecule has 22 heavy (non-hydrogen) atoms. The number of nitrogens with zero attached hydrogens (tertiary/aromatic N) is 4. The summed E-state index contributed by atoms with van der Waals surface area (Å²) in [4.78, 5) is 8.70. The Bertz CT molecular complexity index is 832. The smallest absolute Gasteiger partial charge is 0.189 e. The number of ether oxygens (including phenoxy) is 2. The Labute approximate surface area is 132 Å². The Kier molecular flexibility index (Phi) is 3.89. The highest BCUT2D eigenvalue weighted by atomic mass is 32.2. The summed E-state index contributed by atoms with van der Waals surface area (Å²) in [6, 6.07) is 5.68. The van der Waals surface area contributed by atoms with Gasteiger partial charge < -0.3 is 9.47 Å². The Morgan fingerprint density at radius 3 is 2.55 bits per heavy atom. The van der Waals surface area contributed by atoms with Gasteiger partial charge in [0.25, 0.3) is 0 Å². The molecule has 0 radical (unpaired) electrons. The van der Waals surface area contributed by atoms with Gasteiger partial charge in [0, 0.05) is 23.7 Å². The SMILES string of the molecule is COc1cc2c(C)nn(-c3ccnc(SC)n3)c2cc1OC. The largest absolute Gasteiger partial charge is 0.493 e. The van der Waals surface area contributed by atoms with E-state index in [0.29, 0.717) is 16.7 Å². The van der Waals surface area contributed by atoms with Crippen LogP contribution in [0, 0.1) is 6.92 Å². The number of benzene rings is 1. The lowest BCUT2D eigenvalue weighted by Crippen LogP contribution is -2.01. The van der Waals surface area contributed by atoms with Crippen molar-refractivity contribution >= 4 is 22.7 Å². The first-order valence-electron chi connectivity index (χ1n) is 6.66. The average molecular weight is 316 g/mol. The van der Waals surface area contributed by atoms with E-state index in [1.165, 1.54) is 11.8 Å². The van der Waals surface area contributed by atoms with Crippen LogP contribution in [0.15, 0.2) is 29.6 Å². The van der Waals surface area contributed by atoms with E-state index in [2.05, 4.69) is 15.1 Å². The predicted molar refractivity (Wildman–Crippen MR) is 86.3 cm³/mol. The predicted octanol–water partition coefficient (Wildman–Crippen LogP) is 2.86. The van der Waals surface area contributed by atoms with Crippen LogP contribution in [0.3, 0.4) is 0 Å². The van der Waals surface area contributed by atoms with Gasteiger partial charge in [0.1, 0.15) is 0 Å². The van der Waals surface area contributed by atoms with E-state index in [1.807, 2.05) is 31.4 Å². The molecule has 0 aliphatic heterocycles. The van der Waals surface area contributed by atoms with Crippen LogP contribution >= 0.6 is 11.8 Å². The molecular weight excluding hydrogens is 300 g/mol. The number of aromatic nitrogens is 4. The first-order chi connectivity index (χ1) is 10.7. The molecular formula is C15H16N4O2S. The molecule has 1 aromatic carbocycles. The summed E-state index contributed by atoms with van der Waals surface area (Å²) in [6.45, 7) is 1.96. The van der Waals surface area contributed by atoms with Crippen molar-refractivity contribution in [3.05, 3.63) is 30.1 Å². The minimum atomic E-state index is 0.662. The summed E-state index contributed by atoms with van der Waals surface area (Å²) in [7, 11) is 3.24. The highest BCUT2D eigenvalue weighted by molar-refractivity contribution is 7.98. The second-order valence-corrected chi connectivity index (χ2v) is 5.40. The molecule has 6 nitrogen and oxygen atoms in total. The van der Waals surface area contributed by atoms with Crippen molar-refractivity contribution in [3.63, 3.8) is 0 Å². The molecule has 3 rings (SSSR count). The maximum absolute atomic E-state index is 5.39. The number of aryl methyl sites for hydroxylation is 1. The van der Waals surface area contributed by atoms with Crippen molar-refractivity contribution < 1.29 is 9.47 Å². The summed E-state index contributed by atoms with van der Waals surface area (Å²) >= 11 is 1.50. The summed E-state index contributed by atoms with van der Waals surface area (Å²) in [6.07, 6.45) is 3.68. The van der Waals surface area contributed by atoms with E-state index in [-0.39, 0.29) is 0 Å². The second-order valence-electron chi connectivity index (χ2n) is 4.62. The van der Waals surface area contributed by atoms with Crippen LogP contribution < -0.4 is 9.47 Å². The molecule has 0 spiro atoms. The first kappa shape index (κ1) is 14.6. The van der Waals surface area contributed by atoms with Crippen molar-refractivity contribution in [1.82, 2.24) is 19.7 Å². The fraction of sp³-hybridized carbons (Fsp3) is 0.267. The van der Waals surface area contributed by atoms with Crippen molar-refractivity contribution in [3.8, 4) is 17.3 Å². The third-order valence-corrected chi connectivity index (χ3v) is 3.95. The van der Waals surface area contributed by atoms with Gasteiger partial charge in [-0.05, 0) is 19.2 Å². The molecule has 0 atom stereocenters. The van der Waals surface area contributed by atoms with Crippen LogP contribution in [0.1, 0.15) is 5.69 Å². The van der Waals surface area contributed by atoms with Crippen LogP contribution in [0.2, 0.25) is 0 Å². The van der Waals surface area contributed by atoms with Crippen LogP contribution in [0.5, 0.6) is 11.5 Å². The third-order valence-electron chi connectivity index (χ3n) is 3.39. The van der Waals surface area contributed by atoms with E-state index in [9.17, 15) is 0 Å². The van der Waals surface area contributed by atoms with Crippen molar-refractivity contribution in [1.29, 1.82) is 0 Å². The van der Waals surface area contributed by atoms with Crippen molar-refractivity contribution in [2.45, 2.75) is 12.1 Å². The number of hydrogen-bond acceptors (Lipinski definition) is 6. The second kappa shape index (κ2) is 5.84. The topological polar surface area (TPSA) is 62.1 Å². The Balaban J connectivity index is 2.26. The lowest BCUT2D eigenvalue weighted by molar-refractivity contribution is 0.355. The highest BCUT2D eigenvalue weighted by Gasteiger charge is 2.15. The molecule has 114 valence electrons. The Hall–Kier alpha value is -2.28. The van der Waals surface area contributed by atoms with Gasteiger partial charge in [0.05, 0.1) is 25.4 Å². The van der Waals surface area contributed by atoms with Crippen LogP contribution in [-0.2, 0) is 0 Å². The van der Waals surface area contributed by atoms with Crippen LogP contribution in [-0.4, -0.2) is 40.2 Å². The van der Waals surface area contributed by atoms with E-state index in [1.54, 1.807) is 25.1 Å². The Morgan fingerprint density at radius 2 is 1.86 bits per heavy atom. The monoisotopic (exact) mass is 316 g/mol. The molecule has 0 saturated heterocycles. The number of rotatable bonds is 4. The lowest BCUT2D eigenvalue weighted by atomic mass is 10.2. The Morgan fingerprint density at radius 1 is 1.14 bits per heavy atom. The molecule has 0 N–H and O–H groups in total. The van der Waals surface area contributed by atoms with Gasteiger partial charge in [-0.3, -0.25) is 0 Å². The fourth-order valence-electron chi connectivity index (χ4n) is 2.31. The molecule has 0 aliphatic carbocycles. The van der Waals surface area contributed by atoms with E-state index in [0.717, 1.165) is 22.4 Å².